The highest BCUT2D eigenvalue weighted by atomic mass is 35.5. The van der Waals surface area contributed by atoms with Crippen LogP contribution in [-0.4, -0.2) is 53.9 Å². The van der Waals surface area contributed by atoms with Gasteiger partial charge in [-0.3, -0.25) is 4.79 Å². The van der Waals surface area contributed by atoms with Gasteiger partial charge in [0.15, 0.2) is 6.10 Å². The van der Waals surface area contributed by atoms with Crippen LogP contribution >= 0.6 is 11.6 Å². The average Bonchev–Trinajstić information content (AvgIpc) is 2.52. The molecule has 0 radical (unpaired) electrons. The molecule has 5 nitrogen and oxygen atoms in total. The van der Waals surface area contributed by atoms with E-state index in [0.29, 0.717) is 6.08 Å². The SMILES string of the molecule is O=C(O)C1CN(C(=O)/C=C(/c2ccc(Cl)cc2)C(F)(F)F)CCO1. The van der Waals surface area contributed by atoms with E-state index >= 15 is 0 Å². The quantitative estimate of drug-likeness (QED) is 0.838. The van der Waals surface area contributed by atoms with Gasteiger partial charge >= 0.3 is 12.1 Å². The second-order valence-corrected chi connectivity index (χ2v) is 5.48. The molecule has 1 aromatic carbocycles. The topological polar surface area (TPSA) is 66.8 Å². The van der Waals surface area contributed by atoms with Crippen LogP contribution in [0.5, 0.6) is 0 Å². The molecule has 24 heavy (non-hydrogen) atoms. The molecule has 1 aliphatic rings. The van der Waals surface area contributed by atoms with Gasteiger partial charge in [-0.25, -0.2) is 4.79 Å². The molecule has 1 fully saturated rings. The molecule has 9 heteroatoms. The number of hydrogen-bond donors (Lipinski definition) is 1. The van der Waals surface area contributed by atoms with Crippen LogP contribution in [0.25, 0.3) is 5.57 Å². The molecule has 0 aromatic heterocycles. The van der Waals surface area contributed by atoms with Crippen LogP contribution in [0.4, 0.5) is 13.2 Å². The summed E-state index contributed by atoms with van der Waals surface area (Å²) >= 11 is 5.66. The number of amides is 1. The predicted molar refractivity (Wildman–Crippen MR) is 79.4 cm³/mol. The second-order valence-electron chi connectivity index (χ2n) is 5.04. The second kappa shape index (κ2) is 7.23. The standard InChI is InChI=1S/C15H13ClF3NO4/c16-10-3-1-9(2-4-10)11(15(17,18)19)7-13(21)20-5-6-24-12(8-20)14(22)23/h1-4,7,12H,5-6,8H2,(H,22,23)/b11-7-. The number of halogens is 4. The minimum Gasteiger partial charge on any atom is -0.479 e. The Balaban J connectivity index is 2.27. The third-order valence-corrected chi connectivity index (χ3v) is 3.63. The Labute approximate surface area is 140 Å². The van der Waals surface area contributed by atoms with Gasteiger partial charge in [0.2, 0.25) is 5.91 Å². The first kappa shape index (κ1) is 18.3. The van der Waals surface area contributed by atoms with E-state index in [1.165, 1.54) is 12.1 Å². The first-order chi connectivity index (χ1) is 11.2. The van der Waals surface area contributed by atoms with Crippen molar-refractivity contribution in [3.05, 3.63) is 40.9 Å². The highest BCUT2D eigenvalue weighted by molar-refractivity contribution is 6.30. The minimum atomic E-state index is -4.75. The molecule has 0 saturated carbocycles. The maximum atomic E-state index is 13.2. The largest absolute Gasteiger partial charge is 0.479 e. The van der Waals surface area contributed by atoms with Crippen molar-refractivity contribution in [2.45, 2.75) is 12.3 Å². The fourth-order valence-corrected chi connectivity index (χ4v) is 2.30. The molecule has 0 aliphatic carbocycles. The summed E-state index contributed by atoms with van der Waals surface area (Å²) in [6, 6.07) is 4.90. The number of benzene rings is 1. The van der Waals surface area contributed by atoms with Crippen LogP contribution in [0, 0.1) is 0 Å². The van der Waals surface area contributed by atoms with Crippen LogP contribution < -0.4 is 0 Å². The van der Waals surface area contributed by atoms with Crippen molar-refractivity contribution in [2.24, 2.45) is 0 Å². The van der Waals surface area contributed by atoms with Gasteiger partial charge in [-0.2, -0.15) is 13.2 Å². The fourth-order valence-electron chi connectivity index (χ4n) is 2.17. The molecule has 1 atom stereocenters. The molecule has 1 amide bonds. The maximum absolute atomic E-state index is 13.2. The van der Waals surface area contributed by atoms with Crippen LogP contribution in [0.1, 0.15) is 5.56 Å². The maximum Gasteiger partial charge on any atom is 0.417 e. The summed E-state index contributed by atoms with van der Waals surface area (Å²) in [6.07, 6.45) is -5.53. The Morgan fingerprint density at radius 2 is 1.92 bits per heavy atom. The summed E-state index contributed by atoms with van der Waals surface area (Å²) in [5, 5.41) is 9.15. The van der Waals surface area contributed by atoms with Gasteiger partial charge in [-0.15, -0.1) is 0 Å². The summed E-state index contributed by atoms with van der Waals surface area (Å²) in [5.74, 6) is -2.20. The van der Waals surface area contributed by atoms with Crippen LogP contribution in [0.15, 0.2) is 30.3 Å². The highest BCUT2D eigenvalue weighted by Gasteiger charge is 2.36. The third kappa shape index (κ3) is 4.48. The molecule has 1 N–H and O–H groups in total. The lowest BCUT2D eigenvalue weighted by molar-refractivity contribution is -0.158. The fraction of sp³-hybridized carbons (Fsp3) is 0.333. The van der Waals surface area contributed by atoms with Gasteiger partial charge in [-0.1, -0.05) is 23.7 Å². The number of aliphatic carboxylic acids is 1. The van der Waals surface area contributed by atoms with Crippen molar-refractivity contribution >= 4 is 29.1 Å². The number of nitrogens with zero attached hydrogens (tertiary/aromatic N) is 1. The number of carboxylic acid groups (broad SMARTS) is 1. The van der Waals surface area contributed by atoms with E-state index in [2.05, 4.69) is 0 Å². The Hall–Kier alpha value is -2.06. The lowest BCUT2D eigenvalue weighted by atomic mass is 10.0. The van der Waals surface area contributed by atoms with Gasteiger partial charge < -0.3 is 14.7 Å². The number of carboxylic acids is 1. The summed E-state index contributed by atoms with van der Waals surface area (Å²) in [5.41, 5.74) is -1.33. The Morgan fingerprint density at radius 3 is 2.46 bits per heavy atom. The number of carbonyl (C=O) groups excluding carboxylic acids is 1. The Kier molecular flexibility index (Phi) is 5.51. The molecule has 1 unspecified atom stereocenters. The third-order valence-electron chi connectivity index (χ3n) is 3.38. The molecular formula is C15H13ClF3NO4. The number of allylic oxidation sites excluding steroid dienone is 1. The van der Waals surface area contributed by atoms with Crippen molar-refractivity contribution in [3.63, 3.8) is 0 Å². The van der Waals surface area contributed by atoms with E-state index < -0.39 is 29.7 Å². The van der Waals surface area contributed by atoms with E-state index in [4.69, 9.17) is 21.4 Å². The number of rotatable bonds is 3. The average molecular weight is 364 g/mol. The Morgan fingerprint density at radius 1 is 1.29 bits per heavy atom. The molecule has 130 valence electrons. The molecule has 1 heterocycles. The lowest BCUT2D eigenvalue weighted by Gasteiger charge is -2.30. The van der Waals surface area contributed by atoms with Gasteiger partial charge in [-0.05, 0) is 17.7 Å². The first-order valence-electron chi connectivity index (χ1n) is 6.86. The van der Waals surface area contributed by atoms with E-state index in [9.17, 15) is 22.8 Å². The van der Waals surface area contributed by atoms with Crippen LogP contribution in [-0.2, 0) is 14.3 Å². The van der Waals surface area contributed by atoms with E-state index in [1.807, 2.05) is 0 Å². The Bertz CT molecular complexity index is 658. The van der Waals surface area contributed by atoms with Gasteiger partial charge in [0, 0.05) is 17.6 Å². The van der Waals surface area contributed by atoms with E-state index in [1.54, 1.807) is 0 Å². The number of hydrogen-bond acceptors (Lipinski definition) is 3. The summed E-state index contributed by atoms with van der Waals surface area (Å²) in [4.78, 5) is 24.0. The van der Waals surface area contributed by atoms with Crippen LogP contribution in [0.3, 0.4) is 0 Å². The normalized spacial score (nSPS) is 19.2. The van der Waals surface area contributed by atoms with E-state index in [-0.39, 0.29) is 30.3 Å². The van der Waals surface area contributed by atoms with Gasteiger partial charge in [0.05, 0.1) is 18.7 Å². The first-order valence-corrected chi connectivity index (χ1v) is 7.24. The van der Waals surface area contributed by atoms with Gasteiger partial charge in [0.1, 0.15) is 0 Å². The zero-order valence-corrected chi connectivity index (χ0v) is 13.0. The summed E-state index contributed by atoms with van der Waals surface area (Å²) in [7, 11) is 0. The highest BCUT2D eigenvalue weighted by Crippen LogP contribution is 2.34. The van der Waals surface area contributed by atoms with Crippen molar-refractivity contribution in [1.29, 1.82) is 0 Å². The van der Waals surface area contributed by atoms with Crippen molar-refractivity contribution < 1.29 is 32.6 Å². The van der Waals surface area contributed by atoms with Gasteiger partial charge in [0.25, 0.3) is 0 Å². The zero-order valence-electron chi connectivity index (χ0n) is 12.2. The van der Waals surface area contributed by atoms with Crippen molar-refractivity contribution in [3.8, 4) is 0 Å². The number of alkyl halides is 3. The molecule has 1 aromatic rings. The van der Waals surface area contributed by atoms with Crippen molar-refractivity contribution in [1.82, 2.24) is 4.90 Å². The zero-order chi connectivity index (χ0) is 17.9. The minimum absolute atomic E-state index is 0.0187. The monoisotopic (exact) mass is 363 g/mol. The molecular weight excluding hydrogens is 351 g/mol. The molecule has 0 spiro atoms. The molecule has 1 aliphatic heterocycles. The van der Waals surface area contributed by atoms with Crippen LogP contribution in [0.2, 0.25) is 5.02 Å². The van der Waals surface area contributed by atoms with E-state index in [0.717, 1.165) is 17.0 Å². The number of ether oxygens (including phenoxy) is 1. The lowest BCUT2D eigenvalue weighted by Crippen LogP contribution is -2.48. The molecule has 1 saturated heterocycles. The number of morpholine rings is 1. The molecule has 0 bridgehead atoms. The summed E-state index contributed by atoms with van der Waals surface area (Å²) in [6.45, 7) is -0.347. The number of carbonyl (C=O) groups is 2. The molecule has 2 rings (SSSR count). The smallest absolute Gasteiger partial charge is 0.417 e. The van der Waals surface area contributed by atoms with Crippen molar-refractivity contribution in [2.75, 3.05) is 19.7 Å². The summed E-state index contributed by atoms with van der Waals surface area (Å²) < 4.78 is 44.7. The predicted octanol–water partition coefficient (Wildman–Crippen LogP) is 2.60.